The van der Waals surface area contributed by atoms with Crippen LogP contribution in [0.15, 0.2) is 41.5 Å². The summed E-state index contributed by atoms with van der Waals surface area (Å²) in [6, 6.07) is 8.54. The number of imidazole rings is 1. The van der Waals surface area contributed by atoms with Crippen LogP contribution in [0, 0.1) is 13.8 Å². The van der Waals surface area contributed by atoms with Crippen LogP contribution in [-0.4, -0.2) is 20.4 Å². The minimum Gasteiger partial charge on any atom is -0.345 e. The lowest BCUT2D eigenvalue weighted by Gasteiger charge is -2.14. The van der Waals surface area contributed by atoms with Crippen LogP contribution in [0.5, 0.6) is 0 Å². The van der Waals surface area contributed by atoms with Gasteiger partial charge in [-0.1, -0.05) is 0 Å². The highest BCUT2D eigenvalue weighted by molar-refractivity contribution is 5.92. The van der Waals surface area contributed by atoms with Crippen LogP contribution in [0.2, 0.25) is 0 Å². The zero-order valence-corrected chi connectivity index (χ0v) is 12.4. The molecule has 0 spiro atoms. The van der Waals surface area contributed by atoms with Crippen LogP contribution in [0.1, 0.15) is 11.4 Å². The summed E-state index contributed by atoms with van der Waals surface area (Å²) in [6.45, 7) is 3.80. The van der Waals surface area contributed by atoms with Crippen molar-refractivity contribution < 1.29 is 4.79 Å². The molecule has 0 atom stereocenters. The van der Waals surface area contributed by atoms with E-state index >= 15 is 0 Å². The number of hydrogen-bond acceptors (Lipinski definition) is 3. The highest BCUT2D eigenvalue weighted by Gasteiger charge is 2.08. The zero-order chi connectivity index (χ0) is 15.7. The van der Waals surface area contributed by atoms with E-state index in [1.165, 1.54) is 12.1 Å². The van der Waals surface area contributed by atoms with Gasteiger partial charge >= 0.3 is 0 Å². The van der Waals surface area contributed by atoms with Crippen LogP contribution >= 0.6 is 0 Å². The first-order valence-corrected chi connectivity index (χ1v) is 6.94. The molecular formula is C16H16N4O2. The van der Waals surface area contributed by atoms with Crippen LogP contribution in [0.3, 0.4) is 0 Å². The number of nitrogens with one attached hydrogen (secondary N) is 2. The number of aryl methyl sites for hydroxylation is 2. The van der Waals surface area contributed by atoms with E-state index in [2.05, 4.69) is 15.3 Å². The average Bonchev–Trinajstić information content (AvgIpc) is 2.90. The number of pyridine rings is 1. The maximum atomic E-state index is 12.2. The van der Waals surface area contributed by atoms with Crippen LogP contribution in [0.25, 0.3) is 11.0 Å². The summed E-state index contributed by atoms with van der Waals surface area (Å²) in [6.07, 6.45) is 1.61. The number of anilines is 1. The highest BCUT2D eigenvalue weighted by Crippen LogP contribution is 2.15. The van der Waals surface area contributed by atoms with Crippen molar-refractivity contribution in [3.05, 3.63) is 58.3 Å². The number of aromatic nitrogens is 3. The van der Waals surface area contributed by atoms with E-state index < -0.39 is 0 Å². The molecule has 0 saturated heterocycles. The Bertz CT molecular complexity index is 882. The fraction of sp³-hybridized carbons (Fsp3) is 0.188. The number of H-pyrrole nitrogens is 1. The fourth-order valence-corrected chi connectivity index (χ4v) is 2.49. The van der Waals surface area contributed by atoms with Gasteiger partial charge in [0.2, 0.25) is 5.91 Å². The normalized spacial score (nSPS) is 10.8. The molecule has 0 radical (unpaired) electrons. The Hall–Kier alpha value is -2.89. The summed E-state index contributed by atoms with van der Waals surface area (Å²) in [7, 11) is 0. The second-order valence-corrected chi connectivity index (χ2v) is 5.24. The van der Waals surface area contributed by atoms with E-state index in [0.717, 1.165) is 22.4 Å². The lowest BCUT2D eigenvalue weighted by atomic mass is 10.2. The van der Waals surface area contributed by atoms with Crippen molar-refractivity contribution >= 4 is 22.6 Å². The van der Waals surface area contributed by atoms with E-state index in [-0.39, 0.29) is 17.9 Å². The van der Waals surface area contributed by atoms with E-state index in [1.807, 2.05) is 36.6 Å². The second kappa shape index (κ2) is 5.48. The van der Waals surface area contributed by atoms with Crippen molar-refractivity contribution in [1.29, 1.82) is 0 Å². The summed E-state index contributed by atoms with van der Waals surface area (Å²) >= 11 is 0. The molecule has 1 aromatic carbocycles. The van der Waals surface area contributed by atoms with Gasteiger partial charge in [-0.2, -0.15) is 0 Å². The Morgan fingerprint density at radius 3 is 2.68 bits per heavy atom. The Labute approximate surface area is 126 Å². The van der Waals surface area contributed by atoms with Crippen molar-refractivity contribution in [2.24, 2.45) is 0 Å². The molecule has 2 heterocycles. The van der Waals surface area contributed by atoms with Gasteiger partial charge in [-0.15, -0.1) is 0 Å². The van der Waals surface area contributed by atoms with Crippen LogP contribution in [-0.2, 0) is 11.3 Å². The van der Waals surface area contributed by atoms with E-state index in [0.29, 0.717) is 5.69 Å². The highest BCUT2D eigenvalue weighted by atomic mass is 16.2. The molecule has 2 aromatic heterocycles. The number of aromatic amines is 1. The molecule has 2 N–H and O–H groups in total. The molecule has 112 valence electrons. The number of fused-ring (bicyclic) bond motifs is 1. The first-order valence-electron chi connectivity index (χ1n) is 6.94. The third-order valence-corrected chi connectivity index (χ3v) is 3.56. The summed E-state index contributed by atoms with van der Waals surface area (Å²) < 4.78 is 1.81. The molecule has 6 heteroatoms. The number of hydrogen-bond donors (Lipinski definition) is 2. The molecule has 0 aliphatic heterocycles. The second-order valence-electron chi connectivity index (χ2n) is 5.24. The van der Waals surface area contributed by atoms with Gasteiger partial charge in [0.1, 0.15) is 6.54 Å². The van der Waals surface area contributed by atoms with Gasteiger partial charge in [-0.3, -0.25) is 9.59 Å². The number of amides is 1. The van der Waals surface area contributed by atoms with Gasteiger partial charge in [0.05, 0.1) is 17.4 Å². The molecule has 3 aromatic rings. The molecule has 1 amide bonds. The van der Waals surface area contributed by atoms with E-state index in [4.69, 9.17) is 0 Å². The average molecular weight is 296 g/mol. The molecule has 0 bridgehead atoms. The van der Waals surface area contributed by atoms with E-state index in [9.17, 15) is 9.59 Å². The van der Waals surface area contributed by atoms with Gasteiger partial charge in [0, 0.05) is 29.2 Å². The standard InChI is InChI=1S/C16H16N4O2/c1-10-5-13(21)6-11(2)20(10)8-16(22)19-12-3-4-14-15(7-12)18-9-17-14/h3-7,9H,8H2,1-2H3,(H,17,18)(H,19,22). The third-order valence-electron chi connectivity index (χ3n) is 3.56. The maximum absolute atomic E-state index is 12.2. The number of benzene rings is 1. The fourth-order valence-electron chi connectivity index (χ4n) is 2.49. The Morgan fingerprint density at radius 2 is 1.95 bits per heavy atom. The van der Waals surface area contributed by atoms with Gasteiger partial charge in [0.15, 0.2) is 5.43 Å². The Balaban J connectivity index is 1.79. The summed E-state index contributed by atoms with van der Waals surface area (Å²) in [5, 5.41) is 2.86. The summed E-state index contributed by atoms with van der Waals surface area (Å²) in [5.74, 6) is -0.145. The van der Waals surface area contributed by atoms with Crippen molar-refractivity contribution in [2.45, 2.75) is 20.4 Å². The molecule has 0 fully saturated rings. The SMILES string of the molecule is Cc1cc(=O)cc(C)n1CC(=O)Nc1ccc2nc[nH]c2c1. The van der Waals surface area contributed by atoms with Gasteiger partial charge in [-0.25, -0.2) is 4.98 Å². The van der Waals surface area contributed by atoms with Crippen molar-refractivity contribution in [2.75, 3.05) is 5.32 Å². The quantitative estimate of drug-likeness (QED) is 0.775. The predicted octanol–water partition coefficient (Wildman–Crippen LogP) is 1.98. The number of carbonyl (C=O) groups excluding carboxylic acids is 1. The molecular weight excluding hydrogens is 280 g/mol. The Morgan fingerprint density at radius 1 is 1.23 bits per heavy atom. The third kappa shape index (κ3) is 2.76. The van der Waals surface area contributed by atoms with Crippen LogP contribution in [0.4, 0.5) is 5.69 Å². The molecule has 3 rings (SSSR count). The lowest BCUT2D eigenvalue weighted by molar-refractivity contribution is -0.116. The molecule has 0 unspecified atom stereocenters. The summed E-state index contributed by atoms with van der Waals surface area (Å²) in [5.41, 5.74) is 3.92. The maximum Gasteiger partial charge on any atom is 0.244 e. The van der Waals surface area contributed by atoms with Crippen LogP contribution < -0.4 is 10.7 Å². The number of carbonyl (C=O) groups is 1. The molecule has 0 saturated carbocycles. The molecule has 6 nitrogen and oxygen atoms in total. The minimum atomic E-state index is -0.145. The minimum absolute atomic E-state index is 0.0450. The Kier molecular flexibility index (Phi) is 3.50. The smallest absolute Gasteiger partial charge is 0.244 e. The predicted molar refractivity (Wildman–Crippen MR) is 84.9 cm³/mol. The zero-order valence-electron chi connectivity index (χ0n) is 12.4. The van der Waals surface area contributed by atoms with Crippen molar-refractivity contribution in [3.63, 3.8) is 0 Å². The lowest BCUT2D eigenvalue weighted by Crippen LogP contribution is -2.23. The monoisotopic (exact) mass is 296 g/mol. The van der Waals surface area contributed by atoms with Gasteiger partial charge in [0.25, 0.3) is 0 Å². The van der Waals surface area contributed by atoms with Gasteiger partial charge in [-0.05, 0) is 32.0 Å². The largest absolute Gasteiger partial charge is 0.345 e. The van der Waals surface area contributed by atoms with E-state index in [1.54, 1.807) is 6.33 Å². The first kappa shape index (κ1) is 14.1. The molecule has 22 heavy (non-hydrogen) atoms. The molecule has 0 aliphatic carbocycles. The summed E-state index contributed by atoms with van der Waals surface area (Å²) in [4.78, 5) is 30.8. The number of nitrogens with zero attached hydrogens (tertiary/aromatic N) is 2. The molecule has 0 aliphatic rings. The van der Waals surface area contributed by atoms with Gasteiger partial charge < -0.3 is 14.9 Å². The van der Waals surface area contributed by atoms with Crippen molar-refractivity contribution in [3.8, 4) is 0 Å². The topological polar surface area (TPSA) is 79.8 Å². The first-order chi connectivity index (χ1) is 10.5. The number of rotatable bonds is 3. The van der Waals surface area contributed by atoms with Crippen molar-refractivity contribution in [1.82, 2.24) is 14.5 Å².